The number of nitrogens with zero attached hydrogens (tertiary/aromatic N) is 5. The van der Waals surface area contributed by atoms with E-state index >= 15 is 0 Å². The van der Waals surface area contributed by atoms with Crippen molar-refractivity contribution in [3.05, 3.63) is 101 Å². The van der Waals surface area contributed by atoms with Gasteiger partial charge in [0.15, 0.2) is 17.3 Å². The summed E-state index contributed by atoms with van der Waals surface area (Å²) in [6, 6.07) is 24.5. The van der Waals surface area contributed by atoms with E-state index in [1.54, 1.807) is 11.0 Å². The van der Waals surface area contributed by atoms with E-state index < -0.39 is 0 Å². The number of benzene rings is 3. The molecule has 2 amide bonds. The number of amides is 2. The first-order valence-corrected chi connectivity index (χ1v) is 14.7. The molecule has 0 unspecified atom stereocenters. The average Bonchev–Trinajstić information content (AvgIpc) is 3.35. The van der Waals surface area contributed by atoms with Crippen LogP contribution in [0.5, 0.6) is 11.5 Å². The largest absolute Gasteiger partial charge is 0.454 e. The Bertz CT molecular complexity index is 1630. The molecule has 0 atom stereocenters. The van der Waals surface area contributed by atoms with Crippen LogP contribution in [0.2, 0.25) is 5.02 Å². The van der Waals surface area contributed by atoms with Crippen LogP contribution in [0.1, 0.15) is 27.9 Å². The highest BCUT2D eigenvalue weighted by Gasteiger charge is 2.26. The molecule has 0 aliphatic carbocycles. The van der Waals surface area contributed by atoms with Crippen LogP contribution < -0.4 is 14.4 Å². The first-order valence-electron chi connectivity index (χ1n) is 14.3. The third kappa shape index (κ3) is 6.41. The van der Waals surface area contributed by atoms with Crippen LogP contribution in [0.15, 0.2) is 78.9 Å². The summed E-state index contributed by atoms with van der Waals surface area (Å²) in [5, 5.41) is 9.49. The van der Waals surface area contributed by atoms with Crippen LogP contribution in [0.3, 0.4) is 0 Å². The predicted octanol–water partition coefficient (Wildman–Crippen LogP) is 5.22. The lowest BCUT2D eigenvalue weighted by Gasteiger charge is -2.28. The van der Waals surface area contributed by atoms with E-state index in [1.165, 1.54) is 0 Å². The summed E-state index contributed by atoms with van der Waals surface area (Å²) in [5.41, 5.74) is 3.85. The fourth-order valence-electron chi connectivity index (χ4n) is 5.41. The molecule has 6 rings (SSSR count). The van der Waals surface area contributed by atoms with Crippen molar-refractivity contribution in [3.8, 4) is 22.8 Å². The van der Waals surface area contributed by atoms with Gasteiger partial charge in [0.25, 0.3) is 5.91 Å². The van der Waals surface area contributed by atoms with Crippen molar-refractivity contribution in [1.82, 2.24) is 20.0 Å². The molecule has 1 saturated heterocycles. The zero-order chi connectivity index (χ0) is 29.8. The van der Waals surface area contributed by atoms with Crippen LogP contribution in [0, 0.1) is 6.92 Å². The van der Waals surface area contributed by atoms with Crippen molar-refractivity contribution in [3.63, 3.8) is 0 Å². The van der Waals surface area contributed by atoms with Crippen molar-refractivity contribution in [2.45, 2.75) is 19.9 Å². The molecule has 1 fully saturated rings. The number of aromatic nitrogens is 2. The monoisotopic (exact) mass is 597 g/mol. The second-order valence-electron chi connectivity index (χ2n) is 10.6. The second-order valence-corrected chi connectivity index (χ2v) is 11.0. The minimum Gasteiger partial charge on any atom is -0.454 e. The molecule has 43 heavy (non-hydrogen) atoms. The zero-order valence-corrected chi connectivity index (χ0v) is 24.7. The van der Waals surface area contributed by atoms with E-state index in [4.69, 9.17) is 21.1 Å². The molecule has 1 aromatic heterocycles. The minimum absolute atomic E-state index is 0.0338. The Balaban J connectivity index is 1.14. The molecule has 2 aliphatic rings. The van der Waals surface area contributed by atoms with Crippen LogP contribution in [0.25, 0.3) is 11.3 Å². The molecule has 220 valence electrons. The van der Waals surface area contributed by atoms with Crippen molar-refractivity contribution >= 4 is 29.2 Å². The number of carbonyl (C=O) groups is 2. The highest BCUT2D eigenvalue weighted by molar-refractivity contribution is 6.33. The van der Waals surface area contributed by atoms with Crippen LogP contribution >= 0.6 is 11.6 Å². The van der Waals surface area contributed by atoms with Gasteiger partial charge in [0.05, 0.1) is 10.7 Å². The van der Waals surface area contributed by atoms with Gasteiger partial charge in [0.1, 0.15) is 6.54 Å². The quantitative estimate of drug-likeness (QED) is 0.289. The molecule has 0 N–H and O–H groups in total. The van der Waals surface area contributed by atoms with Gasteiger partial charge in [-0.15, -0.1) is 10.2 Å². The van der Waals surface area contributed by atoms with Gasteiger partial charge in [-0.3, -0.25) is 9.59 Å². The Morgan fingerprint density at radius 3 is 2.51 bits per heavy atom. The van der Waals surface area contributed by atoms with E-state index in [0.29, 0.717) is 47.4 Å². The molecular formula is C33H32ClN5O4. The number of ether oxygens (including phenoxy) is 2. The van der Waals surface area contributed by atoms with E-state index in [0.717, 1.165) is 35.5 Å². The van der Waals surface area contributed by atoms with E-state index in [-0.39, 0.29) is 31.7 Å². The summed E-state index contributed by atoms with van der Waals surface area (Å²) in [6.07, 6.45) is 0.771. The minimum atomic E-state index is -0.186. The molecule has 10 heteroatoms. The van der Waals surface area contributed by atoms with Gasteiger partial charge in [0, 0.05) is 43.9 Å². The molecule has 4 aromatic rings. The van der Waals surface area contributed by atoms with Crippen molar-refractivity contribution < 1.29 is 19.1 Å². The fraction of sp³-hybridized carbons (Fsp3) is 0.273. The third-order valence-corrected chi connectivity index (χ3v) is 8.10. The number of hydrogen-bond acceptors (Lipinski definition) is 7. The zero-order valence-electron chi connectivity index (χ0n) is 23.9. The predicted molar refractivity (Wildman–Crippen MR) is 164 cm³/mol. The van der Waals surface area contributed by atoms with E-state index in [1.807, 2.05) is 84.6 Å². The molecule has 0 bridgehead atoms. The Morgan fingerprint density at radius 1 is 0.884 bits per heavy atom. The number of aryl methyl sites for hydroxylation is 1. The first-order chi connectivity index (χ1) is 21.0. The van der Waals surface area contributed by atoms with Gasteiger partial charge in [-0.1, -0.05) is 54.1 Å². The molecule has 0 spiro atoms. The maximum atomic E-state index is 13.7. The summed E-state index contributed by atoms with van der Waals surface area (Å²) in [4.78, 5) is 33.0. The number of halogens is 1. The highest BCUT2D eigenvalue weighted by Crippen LogP contribution is 2.33. The Morgan fingerprint density at radius 2 is 1.70 bits per heavy atom. The van der Waals surface area contributed by atoms with E-state index in [2.05, 4.69) is 15.1 Å². The van der Waals surface area contributed by atoms with Crippen LogP contribution in [-0.4, -0.2) is 71.3 Å². The molecule has 0 radical (unpaired) electrons. The Labute approximate surface area is 255 Å². The summed E-state index contributed by atoms with van der Waals surface area (Å²) < 4.78 is 11.0. The number of rotatable bonds is 7. The highest BCUT2D eigenvalue weighted by atomic mass is 35.5. The topological polar surface area (TPSA) is 88.1 Å². The lowest BCUT2D eigenvalue weighted by Crippen LogP contribution is -2.44. The molecule has 9 nitrogen and oxygen atoms in total. The third-order valence-electron chi connectivity index (χ3n) is 7.77. The van der Waals surface area contributed by atoms with Crippen molar-refractivity contribution in [2.75, 3.05) is 44.4 Å². The normalized spacial score (nSPS) is 14.4. The van der Waals surface area contributed by atoms with Crippen molar-refractivity contribution in [2.24, 2.45) is 0 Å². The van der Waals surface area contributed by atoms with Crippen molar-refractivity contribution in [1.29, 1.82) is 0 Å². The smallest absolute Gasteiger partial charge is 0.254 e. The number of anilines is 1. The first kappa shape index (κ1) is 28.5. The number of hydrogen-bond donors (Lipinski definition) is 0. The molecule has 0 saturated carbocycles. The lowest BCUT2D eigenvalue weighted by atomic mass is 10.1. The number of fused-ring (bicyclic) bond motifs is 1. The second kappa shape index (κ2) is 12.7. The molecule has 3 aromatic carbocycles. The van der Waals surface area contributed by atoms with Gasteiger partial charge >= 0.3 is 0 Å². The van der Waals surface area contributed by atoms with Crippen LogP contribution in [0.4, 0.5) is 5.82 Å². The van der Waals surface area contributed by atoms with Gasteiger partial charge in [-0.05, 0) is 60.9 Å². The number of carbonyl (C=O) groups excluding carboxylic acids is 2. The SMILES string of the molecule is Cc1ccccc1C(=O)N(CC(=O)N1CCCN(c2ccc(-c3ccccc3Cl)nn2)CC1)Cc1ccc2c(c1)OCO2. The maximum Gasteiger partial charge on any atom is 0.254 e. The molecule has 2 aliphatic heterocycles. The Kier molecular flexibility index (Phi) is 8.42. The maximum absolute atomic E-state index is 13.7. The Hall–Kier alpha value is -4.63. The average molecular weight is 598 g/mol. The fourth-order valence-corrected chi connectivity index (χ4v) is 5.64. The summed E-state index contributed by atoms with van der Waals surface area (Å²) in [7, 11) is 0. The van der Waals surface area contributed by atoms with Gasteiger partial charge in [-0.2, -0.15) is 0 Å². The summed E-state index contributed by atoms with van der Waals surface area (Å²) in [6.45, 7) is 4.77. The van der Waals surface area contributed by atoms with Gasteiger partial charge < -0.3 is 24.2 Å². The molecule has 3 heterocycles. The van der Waals surface area contributed by atoms with Gasteiger partial charge in [0.2, 0.25) is 12.7 Å². The van der Waals surface area contributed by atoms with E-state index in [9.17, 15) is 9.59 Å². The summed E-state index contributed by atoms with van der Waals surface area (Å²) >= 11 is 6.33. The van der Waals surface area contributed by atoms with Gasteiger partial charge in [-0.25, -0.2) is 0 Å². The standard InChI is InChI=1S/C33H32ClN5O4/c1-23-7-2-3-8-25(23)33(41)39(20-24-11-13-29-30(19-24)43-22-42-29)21-32(40)38-16-6-15-37(17-18-38)31-14-12-28(35-36-31)26-9-4-5-10-27(26)34/h2-5,7-14,19H,6,15-18,20-22H2,1H3. The lowest BCUT2D eigenvalue weighted by molar-refractivity contribution is -0.131. The summed E-state index contributed by atoms with van der Waals surface area (Å²) in [5.74, 6) is 1.79. The molecular weight excluding hydrogens is 566 g/mol. The van der Waals surface area contributed by atoms with Crippen LogP contribution in [-0.2, 0) is 11.3 Å².